The summed E-state index contributed by atoms with van der Waals surface area (Å²) in [6.07, 6.45) is 1.52. The Morgan fingerprint density at radius 1 is 0.941 bits per heavy atom. The maximum atomic E-state index is 11.3. The molecule has 2 amide bonds. The molecule has 0 saturated carbocycles. The van der Waals surface area contributed by atoms with Gasteiger partial charge in [0.15, 0.2) is 0 Å². The van der Waals surface area contributed by atoms with Crippen LogP contribution in [0.4, 0.5) is 0 Å². The molecule has 0 unspecified atom stereocenters. The normalized spacial score (nSPS) is 9.53. The Balaban J connectivity index is 4.04. The molecule has 0 rings (SSSR count). The second-order valence-corrected chi connectivity index (χ2v) is 3.27. The fraction of sp³-hybridized carbons (Fsp3) is 0.600. The Labute approximate surface area is 99.2 Å². The number of hydrogen-bond donors (Lipinski definition) is 0. The first-order valence-electron chi connectivity index (χ1n) is 5.11. The van der Waals surface area contributed by atoms with Crippen molar-refractivity contribution in [2.24, 2.45) is 0 Å². The van der Waals surface area contributed by atoms with E-state index < -0.39 is 11.8 Å². The SMILES string of the molecule is CN(ON(C)C(=O)CCC=O)C(=O)CCC=O. The van der Waals surface area contributed by atoms with Crippen LogP contribution in [-0.4, -0.2) is 48.6 Å². The molecule has 0 aliphatic rings. The molecule has 0 aromatic carbocycles. The number of hydroxylamine groups is 4. The molecular formula is C10H16N2O5. The maximum absolute atomic E-state index is 11.3. The lowest BCUT2D eigenvalue weighted by molar-refractivity contribution is -0.279. The summed E-state index contributed by atoms with van der Waals surface area (Å²) in [6.45, 7) is 0. The lowest BCUT2D eigenvalue weighted by Gasteiger charge is -2.22. The molecule has 0 radical (unpaired) electrons. The van der Waals surface area contributed by atoms with E-state index in [1.165, 1.54) is 14.1 Å². The van der Waals surface area contributed by atoms with Crippen LogP contribution in [0, 0.1) is 0 Å². The van der Waals surface area contributed by atoms with Gasteiger partial charge in [-0.25, -0.2) is 0 Å². The molecule has 17 heavy (non-hydrogen) atoms. The topological polar surface area (TPSA) is 84.0 Å². The molecule has 96 valence electrons. The van der Waals surface area contributed by atoms with Crippen molar-refractivity contribution in [1.29, 1.82) is 0 Å². The van der Waals surface area contributed by atoms with Crippen molar-refractivity contribution in [3.8, 4) is 0 Å². The summed E-state index contributed by atoms with van der Waals surface area (Å²) in [6, 6.07) is 0. The number of hydrogen-bond acceptors (Lipinski definition) is 5. The van der Waals surface area contributed by atoms with Gasteiger partial charge in [-0.05, 0) is 0 Å². The predicted molar refractivity (Wildman–Crippen MR) is 57.2 cm³/mol. The highest BCUT2D eigenvalue weighted by Crippen LogP contribution is 2.00. The van der Waals surface area contributed by atoms with Gasteiger partial charge in [-0.1, -0.05) is 0 Å². The van der Waals surface area contributed by atoms with Crippen molar-refractivity contribution >= 4 is 24.4 Å². The van der Waals surface area contributed by atoms with Crippen LogP contribution in [0.5, 0.6) is 0 Å². The predicted octanol–water partition coefficient (Wildman–Crippen LogP) is -0.292. The number of aldehydes is 2. The van der Waals surface area contributed by atoms with Gasteiger partial charge in [0.1, 0.15) is 12.6 Å². The second kappa shape index (κ2) is 8.40. The van der Waals surface area contributed by atoms with E-state index in [1.807, 2.05) is 0 Å². The van der Waals surface area contributed by atoms with Crippen LogP contribution in [0.1, 0.15) is 25.7 Å². The van der Waals surface area contributed by atoms with E-state index in [4.69, 9.17) is 4.94 Å². The standard InChI is InChI=1S/C10H16N2O5/c1-11(9(15)5-3-7-13)17-12(2)10(16)6-4-8-14/h7-8H,3-6H2,1-2H3. The van der Waals surface area contributed by atoms with Gasteiger partial charge in [0.2, 0.25) is 11.8 Å². The fourth-order valence-corrected chi connectivity index (χ4v) is 0.954. The number of carbonyl (C=O) groups excluding carboxylic acids is 4. The van der Waals surface area contributed by atoms with Gasteiger partial charge >= 0.3 is 0 Å². The zero-order chi connectivity index (χ0) is 13.3. The minimum atomic E-state index is -0.410. The van der Waals surface area contributed by atoms with Crippen LogP contribution >= 0.6 is 0 Å². The van der Waals surface area contributed by atoms with Gasteiger partial charge in [-0.15, -0.1) is 4.94 Å². The molecule has 0 aromatic heterocycles. The second-order valence-electron chi connectivity index (χ2n) is 3.27. The van der Waals surface area contributed by atoms with Crippen LogP contribution < -0.4 is 0 Å². The van der Waals surface area contributed by atoms with Crippen LogP contribution in [0.25, 0.3) is 0 Å². The Morgan fingerprint density at radius 2 is 1.29 bits per heavy atom. The quantitative estimate of drug-likeness (QED) is 0.432. The summed E-state index contributed by atoms with van der Waals surface area (Å²) in [5, 5.41) is 1.75. The van der Waals surface area contributed by atoms with Crippen molar-refractivity contribution in [3.63, 3.8) is 0 Å². The largest absolute Gasteiger partial charge is 0.303 e. The van der Waals surface area contributed by atoms with Crippen molar-refractivity contribution in [3.05, 3.63) is 0 Å². The molecule has 7 heteroatoms. The summed E-state index contributed by atoms with van der Waals surface area (Å²) in [4.78, 5) is 47.7. The van der Waals surface area contributed by atoms with Crippen molar-refractivity contribution in [2.75, 3.05) is 14.1 Å². The van der Waals surface area contributed by atoms with Gasteiger partial charge in [0.05, 0.1) is 0 Å². The Morgan fingerprint density at radius 3 is 1.59 bits per heavy atom. The van der Waals surface area contributed by atoms with E-state index in [2.05, 4.69) is 0 Å². The third kappa shape index (κ3) is 6.41. The van der Waals surface area contributed by atoms with E-state index >= 15 is 0 Å². The molecule has 0 atom stereocenters. The van der Waals surface area contributed by atoms with Crippen molar-refractivity contribution in [1.82, 2.24) is 10.1 Å². The highest BCUT2D eigenvalue weighted by atomic mass is 16.8. The van der Waals surface area contributed by atoms with Crippen LogP contribution in [0.3, 0.4) is 0 Å². The van der Waals surface area contributed by atoms with Gasteiger partial charge in [-0.3, -0.25) is 9.59 Å². The van der Waals surface area contributed by atoms with Crippen molar-refractivity contribution < 1.29 is 24.1 Å². The van der Waals surface area contributed by atoms with Crippen LogP contribution in [-0.2, 0) is 24.1 Å². The summed E-state index contributed by atoms with van der Waals surface area (Å²) < 4.78 is 0. The molecule has 0 fully saturated rings. The lowest BCUT2D eigenvalue weighted by atomic mass is 10.3. The third-order valence-corrected chi connectivity index (χ3v) is 1.90. The highest BCUT2D eigenvalue weighted by Gasteiger charge is 2.15. The highest BCUT2D eigenvalue weighted by molar-refractivity contribution is 5.78. The molecular weight excluding hydrogens is 228 g/mol. The molecule has 0 aliphatic carbocycles. The molecule has 0 N–H and O–H groups in total. The first-order valence-corrected chi connectivity index (χ1v) is 5.11. The van der Waals surface area contributed by atoms with Gasteiger partial charge in [0, 0.05) is 39.8 Å². The number of carbonyl (C=O) groups is 4. The Hall–Kier alpha value is -1.76. The summed E-state index contributed by atoms with van der Waals surface area (Å²) in [5.41, 5.74) is 0. The maximum Gasteiger partial charge on any atom is 0.248 e. The monoisotopic (exact) mass is 244 g/mol. The van der Waals surface area contributed by atoms with E-state index in [-0.39, 0.29) is 25.7 Å². The van der Waals surface area contributed by atoms with Crippen LogP contribution in [0.2, 0.25) is 0 Å². The molecule has 0 saturated heterocycles. The van der Waals surface area contributed by atoms with Gasteiger partial charge < -0.3 is 9.59 Å². The first kappa shape index (κ1) is 15.2. The zero-order valence-electron chi connectivity index (χ0n) is 9.92. The molecule has 0 spiro atoms. The molecule has 0 aliphatic heterocycles. The average Bonchev–Trinajstić information content (AvgIpc) is 2.32. The molecule has 0 bridgehead atoms. The third-order valence-electron chi connectivity index (χ3n) is 1.90. The van der Waals surface area contributed by atoms with E-state index in [1.54, 1.807) is 0 Å². The van der Waals surface area contributed by atoms with Gasteiger partial charge in [0.25, 0.3) is 0 Å². The minimum Gasteiger partial charge on any atom is -0.303 e. The molecule has 0 heterocycles. The molecule has 0 aromatic rings. The van der Waals surface area contributed by atoms with Crippen LogP contribution in [0.15, 0.2) is 0 Å². The van der Waals surface area contributed by atoms with E-state index in [0.717, 1.165) is 10.1 Å². The number of rotatable bonds is 8. The average molecular weight is 244 g/mol. The number of nitrogens with zero attached hydrogens (tertiary/aromatic N) is 2. The number of amides is 2. The first-order chi connectivity index (χ1) is 8.02. The zero-order valence-corrected chi connectivity index (χ0v) is 9.92. The van der Waals surface area contributed by atoms with Gasteiger partial charge in [-0.2, -0.15) is 10.1 Å². The summed E-state index contributed by atoms with van der Waals surface area (Å²) in [5.74, 6) is -0.820. The summed E-state index contributed by atoms with van der Waals surface area (Å²) in [7, 11) is 2.69. The van der Waals surface area contributed by atoms with E-state index in [0.29, 0.717) is 12.6 Å². The van der Waals surface area contributed by atoms with Crippen molar-refractivity contribution in [2.45, 2.75) is 25.7 Å². The lowest BCUT2D eigenvalue weighted by Crippen LogP contribution is -2.37. The smallest absolute Gasteiger partial charge is 0.248 e. The fourth-order valence-electron chi connectivity index (χ4n) is 0.954. The Kier molecular flexibility index (Phi) is 7.53. The molecule has 7 nitrogen and oxygen atoms in total. The van der Waals surface area contributed by atoms with E-state index in [9.17, 15) is 19.2 Å². The summed E-state index contributed by atoms with van der Waals surface area (Å²) >= 11 is 0. The minimum absolute atomic E-state index is 0.0242. The Bertz CT molecular complexity index is 264.